The van der Waals surface area contributed by atoms with Crippen molar-refractivity contribution in [2.75, 3.05) is 33.8 Å². The minimum Gasteiger partial charge on any atom is -0.373 e. The van der Waals surface area contributed by atoms with E-state index in [1.807, 2.05) is 0 Å². The predicted molar refractivity (Wildman–Crippen MR) is 84.1 cm³/mol. The van der Waals surface area contributed by atoms with Crippen molar-refractivity contribution >= 4 is 0 Å². The molecule has 3 nitrogen and oxygen atoms in total. The number of hydrogen-bond acceptors (Lipinski definition) is 3. The Morgan fingerprint density at radius 3 is 2.90 bits per heavy atom. The van der Waals surface area contributed by atoms with Gasteiger partial charge < -0.3 is 15.0 Å². The molecular formula is C17H28N2O. The highest BCUT2D eigenvalue weighted by Gasteiger charge is 2.24. The van der Waals surface area contributed by atoms with E-state index in [1.165, 1.54) is 17.5 Å². The van der Waals surface area contributed by atoms with Crippen LogP contribution in [0, 0.1) is 0 Å². The Hall–Kier alpha value is -0.900. The Labute approximate surface area is 123 Å². The zero-order valence-electron chi connectivity index (χ0n) is 13.1. The molecule has 1 aliphatic rings. The molecule has 1 aliphatic heterocycles. The maximum Gasteiger partial charge on any atom is 0.0843 e. The van der Waals surface area contributed by atoms with Crippen molar-refractivity contribution in [2.45, 2.75) is 38.3 Å². The van der Waals surface area contributed by atoms with E-state index < -0.39 is 0 Å². The van der Waals surface area contributed by atoms with Crippen LogP contribution in [-0.4, -0.2) is 44.7 Å². The zero-order valence-corrected chi connectivity index (χ0v) is 13.1. The quantitative estimate of drug-likeness (QED) is 0.828. The third kappa shape index (κ3) is 4.30. The van der Waals surface area contributed by atoms with Crippen LogP contribution in [0.5, 0.6) is 0 Å². The smallest absolute Gasteiger partial charge is 0.0843 e. The van der Waals surface area contributed by atoms with E-state index in [2.05, 4.69) is 55.5 Å². The van der Waals surface area contributed by atoms with Gasteiger partial charge in [0.05, 0.1) is 12.7 Å². The Morgan fingerprint density at radius 1 is 1.35 bits per heavy atom. The molecule has 0 bridgehead atoms. The molecule has 0 amide bonds. The molecule has 112 valence electrons. The number of hydrogen-bond donors (Lipinski definition) is 1. The van der Waals surface area contributed by atoms with Crippen LogP contribution in [0.2, 0.25) is 0 Å². The van der Waals surface area contributed by atoms with Gasteiger partial charge in [-0.1, -0.05) is 31.2 Å². The van der Waals surface area contributed by atoms with Gasteiger partial charge in [-0.2, -0.15) is 0 Å². The highest BCUT2D eigenvalue weighted by molar-refractivity contribution is 5.31. The van der Waals surface area contributed by atoms with Crippen LogP contribution in [0.15, 0.2) is 24.3 Å². The standard InChI is InChI=1S/C17H28N2O/c1-4-10-18-15(13-19(2)3)12-17-16-8-6-5-7-14(16)9-11-20-17/h5-8,15,17-18H,4,9-13H2,1-3H3. The molecule has 0 radical (unpaired) electrons. The molecule has 3 heteroatoms. The van der Waals surface area contributed by atoms with E-state index in [4.69, 9.17) is 4.74 Å². The second-order valence-corrected chi connectivity index (χ2v) is 5.96. The van der Waals surface area contributed by atoms with E-state index in [9.17, 15) is 0 Å². The zero-order chi connectivity index (χ0) is 14.4. The summed E-state index contributed by atoms with van der Waals surface area (Å²) in [5.41, 5.74) is 2.85. The molecule has 2 unspecified atom stereocenters. The van der Waals surface area contributed by atoms with Gasteiger partial charge in [-0.25, -0.2) is 0 Å². The van der Waals surface area contributed by atoms with Crippen molar-refractivity contribution in [3.05, 3.63) is 35.4 Å². The number of nitrogens with one attached hydrogen (secondary N) is 1. The molecule has 0 saturated heterocycles. The van der Waals surface area contributed by atoms with E-state index in [0.29, 0.717) is 6.04 Å². The average Bonchev–Trinajstić information content (AvgIpc) is 2.44. The maximum atomic E-state index is 6.04. The first-order valence-corrected chi connectivity index (χ1v) is 7.78. The lowest BCUT2D eigenvalue weighted by molar-refractivity contribution is 0.0276. The summed E-state index contributed by atoms with van der Waals surface area (Å²) in [5.74, 6) is 0. The average molecular weight is 276 g/mol. The summed E-state index contributed by atoms with van der Waals surface area (Å²) in [6.45, 7) is 5.20. The largest absolute Gasteiger partial charge is 0.373 e. The number of likely N-dealkylation sites (N-methyl/N-ethyl adjacent to an activating group) is 1. The Balaban J connectivity index is 2.03. The minimum absolute atomic E-state index is 0.245. The Kier molecular flexibility index (Phi) is 6.02. The predicted octanol–water partition coefficient (Wildman–Crippen LogP) is 2.62. The van der Waals surface area contributed by atoms with Crippen LogP contribution in [0.4, 0.5) is 0 Å². The topological polar surface area (TPSA) is 24.5 Å². The first-order valence-electron chi connectivity index (χ1n) is 7.78. The van der Waals surface area contributed by atoms with E-state index in [-0.39, 0.29) is 6.10 Å². The van der Waals surface area contributed by atoms with Gasteiger partial charge in [-0.05, 0) is 51.0 Å². The first-order chi connectivity index (χ1) is 9.70. The molecule has 1 aromatic rings. The van der Waals surface area contributed by atoms with E-state index in [1.54, 1.807) is 0 Å². The van der Waals surface area contributed by atoms with Gasteiger partial charge >= 0.3 is 0 Å². The molecule has 0 aromatic heterocycles. The van der Waals surface area contributed by atoms with E-state index in [0.717, 1.165) is 32.5 Å². The molecule has 0 fully saturated rings. The Bertz CT molecular complexity index is 406. The van der Waals surface area contributed by atoms with Gasteiger partial charge in [0.1, 0.15) is 0 Å². The fourth-order valence-electron chi connectivity index (χ4n) is 2.94. The van der Waals surface area contributed by atoms with Gasteiger partial charge in [0.15, 0.2) is 0 Å². The Morgan fingerprint density at radius 2 is 2.15 bits per heavy atom. The summed E-state index contributed by atoms with van der Waals surface area (Å²) < 4.78 is 6.04. The molecule has 0 aliphatic carbocycles. The molecule has 1 N–H and O–H groups in total. The lowest BCUT2D eigenvalue weighted by atomic mass is 9.93. The fraction of sp³-hybridized carbons (Fsp3) is 0.647. The number of fused-ring (bicyclic) bond motifs is 1. The normalized spacial score (nSPS) is 19.9. The summed E-state index contributed by atoms with van der Waals surface area (Å²) in [6, 6.07) is 9.22. The van der Waals surface area contributed by atoms with Crippen LogP contribution in [-0.2, 0) is 11.2 Å². The van der Waals surface area contributed by atoms with Gasteiger partial charge in [0, 0.05) is 12.6 Å². The molecule has 2 atom stereocenters. The highest BCUT2D eigenvalue weighted by Crippen LogP contribution is 2.30. The molecule has 2 rings (SSSR count). The number of ether oxygens (including phenoxy) is 1. The first kappa shape index (κ1) is 15.5. The third-order valence-corrected chi connectivity index (χ3v) is 3.86. The van der Waals surface area contributed by atoms with Gasteiger partial charge in [0.2, 0.25) is 0 Å². The maximum absolute atomic E-state index is 6.04. The molecule has 1 heterocycles. The van der Waals surface area contributed by atoms with Crippen molar-refractivity contribution in [3.8, 4) is 0 Å². The van der Waals surface area contributed by atoms with Crippen LogP contribution in [0.1, 0.15) is 37.0 Å². The molecule has 1 aromatic carbocycles. The second kappa shape index (κ2) is 7.77. The van der Waals surface area contributed by atoms with Crippen molar-refractivity contribution in [3.63, 3.8) is 0 Å². The summed E-state index contributed by atoms with van der Waals surface area (Å²) in [4.78, 5) is 2.25. The summed E-state index contributed by atoms with van der Waals surface area (Å²) in [6.07, 6.45) is 3.52. The van der Waals surface area contributed by atoms with Crippen LogP contribution < -0.4 is 5.32 Å². The SMILES string of the molecule is CCCNC(CC1OCCc2ccccc21)CN(C)C. The summed E-state index contributed by atoms with van der Waals surface area (Å²) in [7, 11) is 4.27. The lowest BCUT2D eigenvalue weighted by Crippen LogP contribution is -2.40. The lowest BCUT2D eigenvalue weighted by Gasteiger charge is -2.31. The van der Waals surface area contributed by atoms with Crippen molar-refractivity contribution in [2.24, 2.45) is 0 Å². The summed E-state index contributed by atoms with van der Waals surface area (Å²) >= 11 is 0. The fourth-order valence-corrected chi connectivity index (χ4v) is 2.94. The van der Waals surface area contributed by atoms with Crippen LogP contribution in [0.25, 0.3) is 0 Å². The number of nitrogens with zero attached hydrogens (tertiary/aromatic N) is 1. The van der Waals surface area contributed by atoms with Crippen molar-refractivity contribution < 1.29 is 4.74 Å². The number of rotatable bonds is 7. The monoisotopic (exact) mass is 276 g/mol. The van der Waals surface area contributed by atoms with Crippen LogP contribution >= 0.6 is 0 Å². The molecular weight excluding hydrogens is 248 g/mol. The van der Waals surface area contributed by atoms with Gasteiger partial charge in [0.25, 0.3) is 0 Å². The highest BCUT2D eigenvalue weighted by atomic mass is 16.5. The van der Waals surface area contributed by atoms with Crippen molar-refractivity contribution in [1.29, 1.82) is 0 Å². The molecule has 0 saturated carbocycles. The third-order valence-electron chi connectivity index (χ3n) is 3.86. The van der Waals surface area contributed by atoms with Gasteiger partial charge in [-0.3, -0.25) is 0 Å². The summed E-state index contributed by atoms with van der Waals surface area (Å²) in [5, 5.41) is 3.66. The molecule has 20 heavy (non-hydrogen) atoms. The van der Waals surface area contributed by atoms with Gasteiger partial charge in [-0.15, -0.1) is 0 Å². The minimum atomic E-state index is 0.245. The van der Waals surface area contributed by atoms with E-state index >= 15 is 0 Å². The van der Waals surface area contributed by atoms with Crippen molar-refractivity contribution in [1.82, 2.24) is 10.2 Å². The molecule has 0 spiro atoms. The van der Waals surface area contributed by atoms with Crippen LogP contribution in [0.3, 0.4) is 0 Å². The second-order valence-electron chi connectivity index (χ2n) is 5.96. The number of benzene rings is 1.